The van der Waals surface area contributed by atoms with E-state index in [0.717, 1.165) is 15.8 Å². The van der Waals surface area contributed by atoms with Gasteiger partial charge in [-0.15, -0.1) is 0 Å². The number of halogens is 1. The molecule has 1 fully saturated rings. The summed E-state index contributed by atoms with van der Waals surface area (Å²) in [7, 11) is 0. The van der Waals surface area contributed by atoms with Crippen molar-refractivity contribution in [3.05, 3.63) is 59.1 Å². The topological polar surface area (TPSA) is 23.6 Å². The second-order valence-corrected chi connectivity index (χ2v) is 5.60. The smallest absolute Gasteiger partial charge is 0.253 e. The molecule has 5 heteroatoms. The number of benzene rings is 2. The molecule has 1 aliphatic rings. The average molecular weight is 347 g/mol. The number of carbonyl (C=O) groups excluding carboxylic acids is 1. The molecule has 1 aliphatic heterocycles. The van der Waals surface area contributed by atoms with Gasteiger partial charge in [0.25, 0.3) is 5.91 Å². The van der Waals surface area contributed by atoms with Crippen LogP contribution in [0.5, 0.6) is 0 Å². The molecule has 0 aromatic heterocycles. The lowest BCUT2D eigenvalue weighted by atomic mass is 10.3. The minimum Gasteiger partial charge on any atom is -0.309 e. The van der Waals surface area contributed by atoms with Crippen LogP contribution >= 0.6 is 28.1 Å². The highest BCUT2D eigenvalue weighted by atomic mass is 79.9. The van der Waals surface area contributed by atoms with E-state index in [2.05, 4.69) is 15.9 Å². The SMILES string of the molecule is O=C1CN(c2ccccc2)C(=S)N1c1ccccc1Br. The zero-order valence-electron chi connectivity index (χ0n) is 10.5. The molecule has 0 spiro atoms. The Hall–Kier alpha value is -1.72. The van der Waals surface area contributed by atoms with Gasteiger partial charge in [0.05, 0.1) is 5.69 Å². The zero-order chi connectivity index (χ0) is 14.1. The number of rotatable bonds is 2. The van der Waals surface area contributed by atoms with Gasteiger partial charge in [-0.05, 0) is 52.4 Å². The lowest BCUT2D eigenvalue weighted by Gasteiger charge is -2.21. The fourth-order valence-corrected chi connectivity index (χ4v) is 3.01. The molecule has 1 heterocycles. The van der Waals surface area contributed by atoms with Gasteiger partial charge in [-0.2, -0.15) is 0 Å². The largest absolute Gasteiger partial charge is 0.309 e. The van der Waals surface area contributed by atoms with E-state index in [4.69, 9.17) is 12.2 Å². The van der Waals surface area contributed by atoms with Gasteiger partial charge in [-0.3, -0.25) is 9.69 Å². The van der Waals surface area contributed by atoms with Crippen LogP contribution in [-0.4, -0.2) is 17.6 Å². The van der Waals surface area contributed by atoms with Crippen molar-refractivity contribution in [2.45, 2.75) is 0 Å². The summed E-state index contributed by atoms with van der Waals surface area (Å²) in [6.07, 6.45) is 0. The Morgan fingerprint density at radius 1 is 1.00 bits per heavy atom. The van der Waals surface area contributed by atoms with Gasteiger partial charge in [-0.25, -0.2) is 0 Å². The van der Waals surface area contributed by atoms with E-state index in [1.807, 2.05) is 59.5 Å². The molecular weight excluding hydrogens is 336 g/mol. The van der Waals surface area contributed by atoms with E-state index in [9.17, 15) is 4.79 Å². The summed E-state index contributed by atoms with van der Waals surface area (Å²) in [5, 5.41) is 0.508. The highest BCUT2D eigenvalue weighted by molar-refractivity contribution is 9.10. The maximum Gasteiger partial charge on any atom is 0.253 e. The average Bonchev–Trinajstić information content (AvgIpc) is 2.76. The number of anilines is 2. The van der Waals surface area contributed by atoms with Crippen molar-refractivity contribution in [1.82, 2.24) is 0 Å². The number of amides is 1. The van der Waals surface area contributed by atoms with E-state index >= 15 is 0 Å². The third-order valence-electron chi connectivity index (χ3n) is 3.13. The second kappa shape index (κ2) is 5.34. The van der Waals surface area contributed by atoms with Gasteiger partial charge in [0, 0.05) is 10.2 Å². The summed E-state index contributed by atoms with van der Waals surface area (Å²) in [5.41, 5.74) is 1.71. The highest BCUT2D eigenvalue weighted by Crippen LogP contribution is 2.31. The standard InChI is InChI=1S/C15H11BrN2OS/c16-12-8-4-5-9-13(12)18-14(19)10-17(15(18)20)11-6-2-1-3-7-11/h1-9H,10H2. The molecule has 3 nitrogen and oxygen atoms in total. The van der Waals surface area contributed by atoms with Crippen LogP contribution in [-0.2, 0) is 4.79 Å². The van der Waals surface area contributed by atoms with Crippen LogP contribution in [0.1, 0.15) is 0 Å². The van der Waals surface area contributed by atoms with Crippen molar-refractivity contribution >= 4 is 50.5 Å². The van der Waals surface area contributed by atoms with Gasteiger partial charge >= 0.3 is 0 Å². The van der Waals surface area contributed by atoms with Crippen molar-refractivity contribution < 1.29 is 4.79 Å². The minimum absolute atomic E-state index is 0.0225. The monoisotopic (exact) mass is 346 g/mol. The fraction of sp³-hybridized carbons (Fsp3) is 0.0667. The molecule has 1 amide bonds. The van der Waals surface area contributed by atoms with Crippen LogP contribution in [0.15, 0.2) is 59.1 Å². The molecule has 0 unspecified atom stereocenters. The van der Waals surface area contributed by atoms with Crippen LogP contribution < -0.4 is 9.80 Å². The normalized spacial score (nSPS) is 15.1. The zero-order valence-corrected chi connectivity index (χ0v) is 12.9. The molecule has 100 valence electrons. The molecular formula is C15H11BrN2OS. The summed E-state index contributed by atoms with van der Waals surface area (Å²) >= 11 is 8.94. The minimum atomic E-state index is -0.0225. The number of para-hydroxylation sites is 2. The molecule has 2 aromatic carbocycles. The van der Waals surface area contributed by atoms with E-state index in [0.29, 0.717) is 5.11 Å². The molecule has 0 N–H and O–H groups in total. The van der Waals surface area contributed by atoms with Crippen LogP contribution in [0, 0.1) is 0 Å². The van der Waals surface area contributed by atoms with Gasteiger partial charge in [-0.1, -0.05) is 30.3 Å². The first kappa shape index (κ1) is 13.3. The summed E-state index contributed by atoms with van der Waals surface area (Å²) in [6.45, 7) is 0.268. The first-order valence-electron chi connectivity index (χ1n) is 6.12. The highest BCUT2D eigenvalue weighted by Gasteiger charge is 2.35. The summed E-state index contributed by atoms with van der Waals surface area (Å²) in [5.74, 6) is -0.0225. The van der Waals surface area contributed by atoms with Crippen molar-refractivity contribution in [3.8, 4) is 0 Å². The van der Waals surface area contributed by atoms with Gasteiger partial charge in [0.1, 0.15) is 6.54 Å². The third kappa shape index (κ3) is 2.23. The molecule has 20 heavy (non-hydrogen) atoms. The predicted octanol–water partition coefficient (Wildman–Crippen LogP) is 3.59. The van der Waals surface area contributed by atoms with Crippen LogP contribution in [0.2, 0.25) is 0 Å². The molecule has 1 saturated heterocycles. The van der Waals surface area contributed by atoms with Crippen molar-refractivity contribution in [2.24, 2.45) is 0 Å². The Labute approximate surface area is 130 Å². The van der Waals surface area contributed by atoms with Gasteiger partial charge in [0.15, 0.2) is 5.11 Å². The molecule has 0 saturated carbocycles. The molecule has 2 aromatic rings. The van der Waals surface area contributed by atoms with E-state index in [1.54, 1.807) is 4.90 Å². The number of carbonyl (C=O) groups is 1. The summed E-state index contributed by atoms with van der Waals surface area (Å²) in [4.78, 5) is 15.7. The molecule has 3 rings (SSSR count). The second-order valence-electron chi connectivity index (χ2n) is 4.38. The van der Waals surface area contributed by atoms with Gasteiger partial charge in [0.2, 0.25) is 0 Å². The summed E-state index contributed by atoms with van der Waals surface area (Å²) in [6, 6.07) is 17.3. The number of hydrogen-bond acceptors (Lipinski definition) is 2. The number of thiocarbonyl (C=S) groups is 1. The first-order chi connectivity index (χ1) is 9.68. The van der Waals surface area contributed by atoms with Crippen molar-refractivity contribution in [2.75, 3.05) is 16.3 Å². The summed E-state index contributed by atoms with van der Waals surface area (Å²) < 4.78 is 0.852. The van der Waals surface area contributed by atoms with Crippen molar-refractivity contribution in [1.29, 1.82) is 0 Å². The maximum absolute atomic E-state index is 12.3. The van der Waals surface area contributed by atoms with Crippen LogP contribution in [0.4, 0.5) is 11.4 Å². The third-order valence-corrected chi connectivity index (χ3v) is 4.20. The Morgan fingerprint density at radius 2 is 1.65 bits per heavy atom. The fourth-order valence-electron chi connectivity index (χ4n) is 2.18. The maximum atomic E-state index is 12.3. The number of nitrogens with zero attached hydrogens (tertiary/aromatic N) is 2. The lowest BCUT2D eigenvalue weighted by Crippen LogP contribution is -2.32. The number of hydrogen-bond donors (Lipinski definition) is 0. The van der Waals surface area contributed by atoms with E-state index in [-0.39, 0.29) is 12.5 Å². The Kier molecular flexibility index (Phi) is 3.54. The molecule has 0 atom stereocenters. The van der Waals surface area contributed by atoms with Gasteiger partial charge < -0.3 is 4.90 Å². The van der Waals surface area contributed by atoms with Crippen LogP contribution in [0.25, 0.3) is 0 Å². The molecule has 0 radical (unpaired) electrons. The van der Waals surface area contributed by atoms with E-state index in [1.165, 1.54) is 0 Å². The Morgan fingerprint density at radius 3 is 2.35 bits per heavy atom. The van der Waals surface area contributed by atoms with Crippen molar-refractivity contribution in [3.63, 3.8) is 0 Å². The lowest BCUT2D eigenvalue weighted by molar-refractivity contribution is -0.115. The predicted molar refractivity (Wildman–Crippen MR) is 88.0 cm³/mol. The molecule has 0 aliphatic carbocycles. The van der Waals surface area contributed by atoms with E-state index < -0.39 is 0 Å². The molecule has 0 bridgehead atoms. The Bertz CT molecular complexity index is 675. The first-order valence-corrected chi connectivity index (χ1v) is 7.32. The quantitative estimate of drug-likeness (QED) is 0.776. The van der Waals surface area contributed by atoms with Crippen LogP contribution in [0.3, 0.4) is 0 Å². The Balaban J connectivity index is 1.98.